The van der Waals surface area contributed by atoms with Gasteiger partial charge in [-0.05, 0) is 24.1 Å². The molecule has 1 heterocycles. The summed E-state index contributed by atoms with van der Waals surface area (Å²) in [6, 6.07) is 5.96. The highest BCUT2D eigenvalue weighted by Gasteiger charge is 2.31. The Balaban J connectivity index is 1.90. The Morgan fingerprint density at radius 2 is 2.00 bits per heavy atom. The van der Waals surface area contributed by atoms with Crippen molar-refractivity contribution in [2.24, 2.45) is 5.92 Å². The Kier molecular flexibility index (Phi) is 4.68. The highest BCUT2D eigenvalue weighted by molar-refractivity contribution is 5.77. The van der Waals surface area contributed by atoms with Gasteiger partial charge in [0, 0.05) is 25.0 Å². The van der Waals surface area contributed by atoms with Gasteiger partial charge in [0.25, 0.3) is 0 Å². The van der Waals surface area contributed by atoms with E-state index in [-0.39, 0.29) is 23.8 Å². The first-order chi connectivity index (χ1) is 10.3. The average Bonchev–Trinajstić information content (AvgIpc) is 2.95. The molecule has 0 aliphatic carbocycles. The minimum atomic E-state index is -0.859. The van der Waals surface area contributed by atoms with Gasteiger partial charge in [-0.3, -0.25) is 4.79 Å². The minimum absolute atomic E-state index is 0.248. The molecule has 1 fully saturated rings. The fourth-order valence-electron chi connectivity index (χ4n) is 2.56. The van der Waals surface area contributed by atoms with Crippen LogP contribution < -0.4 is 5.32 Å². The summed E-state index contributed by atoms with van der Waals surface area (Å²) in [6.45, 7) is 5.03. The van der Waals surface area contributed by atoms with Crippen molar-refractivity contribution in [1.29, 1.82) is 0 Å². The van der Waals surface area contributed by atoms with Gasteiger partial charge in [0.1, 0.15) is 5.82 Å². The van der Waals surface area contributed by atoms with Crippen LogP contribution in [0.15, 0.2) is 24.3 Å². The van der Waals surface area contributed by atoms with Gasteiger partial charge < -0.3 is 15.3 Å². The van der Waals surface area contributed by atoms with Crippen LogP contribution in [0.3, 0.4) is 0 Å². The molecule has 5 nitrogen and oxygen atoms in total. The van der Waals surface area contributed by atoms with Gasteiger partial charge in [-0.25, -0.2) is 9.18 Å². The molecule has 1 aliphatic rings. The molecule has 1 aliphatic heterocycles. The molecule has 0 radical (unpaired) electrons. The van der Waals surface area contributed by atoms with Crippen molar-refractivity contribution in [3.05, 3.63) is 35.6 Å². The maximum Gasteiger partial charge on any atom is 0.317 e. The van der Waals surface area contributed by atoms with Gasteiger partial charge in [-0.15, -0.1) is 0 Å². The molecule has 1 unspecified atom stereocenters. The molecule has 22 heavy (non-hydrogen) atoms. The zero-order chi connectivity index (χ0) is 16.3. The number of carbonyl (C=O) groups is 2. The van der Waals surface area contributed by atoms with Crippen LogP contribution in [0.25, 0.3) is 0 Å². The molecule has 120 valence electrons. The SMILES string of the molecule is CC(C)(CNC(=O)N1CCC(C(=O)O)C1)c1ccc(F)cc1. The number of rotatable bonds is 4. The van der Waals surface area contributed by atoms with Crippen LogP contribution in [0.5, 0.6) is 0 Å². The minimum Gasteiger partial charge on any atom is -0.481 e. The van der Waals surface area contributed by atoms with E-state index in [1.807, 2.05) is 13.8 Å². The van der Waals surface area contributed by atoms with Crippen molar-refractivity contribution in [2.45, 2.75) is 25.7 Å². The number of amides is 2. The number of likely N-dealkylation sites (tertiary alicyclic amines) is 1. The van der Waals surface area contributed by atoms with E-state index < -0.39 is 11.9 Å². The Morgan fingerprint density at radius 3 is 2.55 bits per heavy atom. The number of nitrogens with one attached hydrogen (secondary N) is 1. The summed E-state index contributed by atoms with van der Waals surface area (Å²) >= 11 is 0. The number of carboxylic acids is 1. The van der Waals surface area contributed by atoms with Crippen molar-refractivity contribution >= 4 is 12.0 Å². The van der Waals surface area contributed by atoms with Gasteiger partial charge >= 0.3 is 12.0 Å². The molecule has 2 rings (SSSR count). The first kappa shape index (κ1) is 16.3. The molecule has 2 N–H and O–H groups in total. The summed E-state index contributed by atoms with van der Waals surface area (Å²) in [4.78, 5) is 24.5. The lowest BCUT2D eigenvalue weighted by Crippen LogP contribution is -2.44. The van der Waals surface area contributed by atoms with E-state index >= 15 is 0 Å². The van der Waals surface area contributed by atoms with Crippen LogP contribution >= 0.6 is 0 Å². The van der Waals surface area contributed by atoms with Crippen LogP contribution in [-0.2, 0) is 10.2 Å². The van der Waals surface area contributed by atoms with Crippen LogP contribution in [0.4, 0.5) is 9.18 Å². The van der Waals surface area contributed by atoms with Gasteiger partial charge in [0.05, 0.1) is 5.92 Å². The third-order valence-corrected chi connectivity index (χ3v) is 4.13. The number of urea groups is 1. The zero-order valence-corrected chi connectivity index (χ0v) is 12.8. The summed E-state index contributed by atoms with van der Waals surface area (Å²) in [7, 11) is 0. The van der Waals surface area contributed by atoms with Crippen LogP contribution in [0.1, 0.15) is 25.8 Å². The molecular weight excluding hydrogens is 287 g/mol. The van der Waals surface area contributed by atoms with Gasteiger partial charge in [-0.1, -0.05) is 26.0 Å². The van der Waals surface area contributed by atoms with E-state index in [0.29, 0.717) is 19.5 Å². The summed E-state index contributed by atoms with van der Waals surface area (Å²) in [5.41, 5.74) is 0.592. The number of aliphatic carboxylic acids is 1. The standard InChI is InChI=1S/C16H21FN2O3/c1-16(2,12-3-5-13(17)6-4-12)10-18-15(22)19-8-7-11(9-19)14(20)21/h3-6,11H,7-10H2,1-2H3,(H,18,22)(H,20,21). The predicted molar refractivity (Wildman–Crippen MR) is 80.1 cm³/mol. The van der Waals surface area contributed by atoms with Crippen molar-refractivity contribution in [1.82, 2.24) is 10.2 Å². The molecule has 0 aromatic heterocycles. The predicted octanol–water partition coefficient (Wildman–Crippen LogP) is 2.22. The fourth-order valence-corrected chi connectivity index (χ4v) is 2.56. The topological polar surface area (TPSA) is 69.6 Å². The molecule has 6 heteroatoms. The lowest BCUT2D eigenvalue weighted by molar-refractivity contribution is -0.141. The number of hydrogen-bond acceptors (Lipinski definition) is 2. The number of nitrogens with zero attached hydrogens (tertiary/aromatic N) is 1. The Bertz CT molecular complexity index is 557. The highest BCUT2D eigenvalue weighted by atomic mass is 19.1. The fraction of sp³-hybridized carbons (Fsp3) is 0.500. The maximum absolute atomic E-state index is 13.0. The van der Waals surface area contributed by atoms with E-state index in [0.717, 1.165) is 5.56 Å². The Morgan fingerprint density at radius 1 is 1.36 bits per heavy atom. The highest BCUT2D eigenvalue weighted by Crippen LogP contribution is 2.23. The third kappa shape index (κ3) is 3.75. The molecule has 1 saturated heterocycles. The summed E-state index contributed by atoms with van der Waals surface area (Å²) in [5.74, 6) is -1.63. The smallest absolute Gasteiger partial charge is 0.317 e. The van der Waals surface area contributed by atoms with Crippen LogP contribution in [0.2, 0.25) is 0 Å². The summed E-state index contributed by atoms with van der Waals surface area (Å²) < 4.78 is 13.0. The second kappa shape index (κ2) is 6.34. The van der Waals surface area contributed by atoms with Crippen molar-refractivity contribution in [2.75, 3.05) is 19.6 Å². The molecule has 0 bridgehead atoms. The first-order valence-electron chi connectivity index (χ1n) is 7.31. The number of halogens is 1. The van der Waals surface area contributed by atoms with E-state index in [1.165, 1.54) is 17.0 Å². The van der Waals surface area contributed by atoms with Crippen molar-refractivity contribution in [3.8, 4) is 0 Å². The van der Waals surface area contributed by atoms with E-state index in [2.05, 4.69) is 5.32 Å². The quantitative estimate of drug-likeness (QED) is 0.896. The van der Waals surface area contributed by atoms with Gasteiger partial charge in [0.15, 0.2) is 0 Å². The van der Waals surface area contributed by atoms with Crippen LogP contribution in [0, 0.1) is 11.7 Å². The van der Waals surface area contributed by atoms with Crippen molar-refractivity contribution < 1.29 is 19.1 Å². The monoisotopic (exact) mass is 308 g/mol. The van der Waals surface area contributed by atoms with E-state index in [1.54, 1.807) is 12.1 Å². The van der Waals surface area contributed by atoms with E-state index in [9.17, 15) is 14.0 Å². The summed E-state index contributed by atoms with van der Waals surface area (Å²) in [5, 5.41) is 11.8. The first-order valence-corrected chi connectivity index (χ1v) is 7.31. The number of benzene rings is 1. The molecule has 1 aromatic carbocycles. The molecule has 0 spiro atoms. The molecule has 0 saturated carbocycles. The Labute approximate surface area is 129 Å². The van der Waals surface area contributed by atoms with Gasteiger partial charge in [0.2, 0.25) is 0 Å². The molecule has 1 atom stereocenters. The molecule has 2 amide bonds. The number of hydrogen-bond donors (Lipinski definition) is 2. The zero-order valence-electron chi connectivity index (χ0n) is 12.8. The second-order valence-electron chi connectivity index (χ2n) is 6.32. The second-order valence-corrected chi connectivity index (χ2v) is 6.32. The largest absolute Gasteiger partial charge is 0.481 e. The number of carboxylic acid groups (broad SMARTS) is 1. The third-order valence-electron chi connectivity index (χ3n) is 4.13. The normalized spacial score (nSPS) is 18.3. The average molecular weight is 308 g/mol. The maximum atomic E-state index is 13.0. The Hall–Kier alpha value is -2.11. The van der Waals surface area contributed by atoms with Crippen LogP contribution in [-0.4, -0.2) is 41.6 Å². The van der Waals surface area contributed by atoms with Crippen molar-refractivity contribution in [3.63, 3.8) is 0 Å². The van der Waals surface area contributed by atoms with Gasteiger partial charge in [-0.2, -0.15) is 0 Å². The molecular formula is C16H21FN2O3. The lowest BCUT2D eigenvalue weighted by Gasteiger charge is -2.27. The summed E-state index contributed by atoms with van der Waals surface area (Å²) in [6.07, 6.45) is 0.490. The lowest BCUT2D eigenvalue weighted by atomic mass is 9.84. The number of carbonyl (C=O) groups excluding carboxylic acids is 1. The molecule has 1 aromatic rings. The van der Waals surface area contributed by atoms with E-state index in [4.69, 9.17) is 5.11 Å².